The van der Waals surface area contributed by atoms with Crippen LogP contribution in [-0.4, -0.2) is 46.1 Å². The van der Waals surface area contributed by atoms with E-state index in [1.165, 1.54) is 205 Å². The first-order chi connectivity index (χ1) is 31.6. The van der Waals surface area contributed by atoms with E-state index in [0.717, 1.165) is 107 Å². The highest BCUT2D eigenvalue weighted by Crippen LogP contribution is 2.59. The van der Waals surface area contributed by atoms with E-state index in [1.54, 1.807) is 38.5 Å². The second-order valence-electron chi connectivity index (χ2n) is 26.1. The molecule has 10 aliphatic rings. The van der Waals surface area contributed by atoms with Gasteiger partial charge in [-0.05, 0) is 212 Å². The normalized spacial score (nSPS) is 43.2. The molecule has 2 heteroatoms. The van der Waals surface area contributed by atoms with E-state index in [0.29, 0.717) is 0 Å². The van der Waals surface area contributed by atoms with Crippen LogP contribution >= 0.6 is 0 Å². The lowest BCUT2D eigenvalue weighted by atomic mass is 9.50. The molecule has 0 bridgehead atoms. The van der Waals surface area contributed by atoms with E-state index in [-0.39, 0.29) is 0 Å². The zero-order chi connectivity index (χ0) is 43.2. The maximum Gasteiger partial charge on any atom is 0.0158 e. The van der Waals surface area contributed by atoms with Crippen LogP contribution in [0.25, 0.3) is 0 Å². The van der Waals surface area contributed by atoms with Gasteiger partial charge in [-0.3, -0.25) is 9.80 Å². The Morgan fingerprint density at radius 2 is 0.516 bits per heavy atom. The van der Waals surface area contributed by atoms with Crippen molar-refractivity contribution >= 4 is 0 Å². The largest absolute Gasteiger partial charge is 0.294 e. The monoisotopic (exact) mass is 877 g/mol. The number of hydrogen-bond donors (Lipinski definition) is 0. The Morgan fingerprint density at radius 1 is 0.250 bits per heavy atom. The van der Waals surface area contributed by atoms with Gasteiger partial charge in [-0.15, -0.1) is 0 Å². The second kappa shape index (κ2) is 22.9. The number of nitrogens with zero attached hydrogens (tertiary/aromatic N) is 2. The molecule has 0 aromatic rings. The summed E-state index contributed by atoms with van der Waals surface area (Å²) >= 11 is 0. The van der Waals surface area contributed by atoms with Crippen molar-refractivity contribution in [3.63, 3.8) is 0 Å². The van der Waals surface area contributed by atoms with E-state index < -0.39 is 0 Å². The minimum Gasteiger partial charge on any atom is -0.294 e. The van der Waals surface area contributed by atoms with E-state index in [1.807, 2.05) is 0 Å². The van der Waals surface area contributed by atoms with Crippen molar-refractivity contribution in [1.29, 1.82) is 0 Å². The zero-order valence-electron chi connectivity index (χ0n) is 42.5. The average Bonchev–Trinajstić information content (AvgIpc) is 3.36. The molecule has 0 spiro atoms. The van der Waals surface area contributed by atoms with Crippen molar-refractivity contribution in [2.45, 2.75) is 294 Å². The first kappa shape index (κ1) is 47.1. The summed E-state index contributed by atoms with van der Waals surface area (Å²) in [5, 5.41) is 0. The first-order valence-electron chi connectivity index (χ1n) is 30.5. The molecule has 0 N–H and O–H groups in total. The minimum absolute atomic E-state index is 0.861. The molecule has 0 aromatic heterocycles. The molecule has 10 atom stereocenters. The molecule has 0 saturated heterocycles. The smallest absolute Gasteiger partial charge is 0.0158 e. The van der Waals surface area contributed by atoms with Gasteiger partial charge in [0.15, 0.2) is 0 Å². The predicted molar refractivity (Wildman–Crippen MR) is 273 cm³/mol. The molecule has 10 unspecified atom stereocenters. The molecule has 10 fully saturated rings. The maximum absolute atomic E-state index is 3.41. The Kier molecular flexibility index (Phi) is 16.8. The summed E-state index contributed by atoms with van der Waals surface area (Å²) in [5.74, 6) is 11.3. The van der Waals surface area contributed by atoms with Crippen LogP contribution in [0.4, 0.5) is 0 Å². The van der Waals surface area contributed by atoms with Crippen molar-refractivity contribution < 1.29 is 0 Å². The Balaban J connectivity index is 0.856. The molecule has 0 aromatic carbocycles. The Hall–Kier alpha value is -0.600. The fourth-order valence-electron chi connectivity index (χ4n) is 19.4. The lowest BCUT2D eigenvalue weighted by Crippen LogP contribution is -2.63. The van der Waals surface area contributed by atoms with Gasteiger partial charge >= 0.3 is 0 Å². The summed E-state index contributed by atoms with van der Waals surface area (Å²) in [6, 6.07) is 5.23. The van der Waals surface area contributed by atoms with Crippen molar-refractivity contribution in [2.24, 2.45) is 71.0 Å². The fourth-order valence-corrected chi connectivity index (χ4v) is 19.4. The summed E-state index contributed by atoms with van der Waals surface area (Å²) in [4.78, 5) is 6.82. The number of allylic oxidation sites excluding steroid dienone is 4. The molecule has 0 aliphatic heterocycles. The quantitative estimate of drug-likeness (QED) is 0.191. The Morgan fingerprint density at radius 3 is 0.859 bits per heavy atom. The summed E-state index contributed by atoms with van der Waals surface area (Å²) in [5.41, 5.74) is 0. The highest BCUT2D eigenvalue weighted by Gasteiger charge is 2.56. The van der Waals surface area contributed by atoms with Crippen molar-refractivity contribution in [2.75, 3.05) is 0 Å². The second-order valence-corrected chi connectivity index (χ2v) is 26.1. The van der Waals surface area contributed by atoms with Crippen LogP contribution in [0, 0.1) is 71.0 Å². The van der Waals surface area contributed by atoms with Crippen LogP contribution in [0.3, 0.4) is 0 Å². The third kappa shape index (κ3) is 10.9. The SMILES string of the molecule is CC1CC(C2CC(C)C(N(C3CCCCC3)C3CCC(/C=C/C4CCCCC4)CC3)C3CCCCC23)C2CCCCC2C1N(C1CCCCC1)C1CCC(/C=C/C2CCCCC2)CC1. The van der Waals surface area contributed by atoms with Gasteiger partial charge in [0, 0.05) is 36.3 Å². The van der Waals surface area contributed by atoms with Gasteiger partial charge < -0.3 is 0 Å². The molecule has 0 heterocycles. The Labute approximate surface area is 397 Å². The highest BCUT2D eigenvalue weighted by molar-refractivity contribution is 5.09. The maximum atomic E-state index is 3.41. The predicted octanol–water partition coefficient (Wildman–Crippen LogP) is 17.3. The molecule has 0 amide bonds. The highest BCUT2D eigenvalue weighted by atomic mass is 15.2. The van der Waals surface area contributed by atoms with E-state index in [2.05, 4.69) is 48.0 Å². The van der Waals surface area contributed by atoms with Gasteiger partial charge in [0.2, 0.25) is 0 Å². The standard InChI is InChI=1S/C62H104N2/c1-45-43-59(55-27-15-17-29-57(55)61(45)63(51-23-11-5-12-24-51)53-39-35-49(36-40-53)33-31-47-19-7-3-8-20-47)60-44-46(2)62(58-30-18-16-28-56(58)60)64(52-25-13-6-14-26-52)54-41-37-50(38-42-54)34-32-48-21-9-4-10-22-48/h31-34,45-62H,3-30,35-44H2,1-2H3/b33-31+,34-32+. The van der Waals surface area contributed by atoms with Gasteiger partial charge in [0.1, 0.15) is 0 Å². The number of fused-ring (bicyclic) bond motifs is 2. The average molecular weight is 878 g/mol. The van der Waals surface area contributed by atoms with Crippen molar-refractivity contribution in [1.82, 2.24) is 9.80 Å². The topological polar surface area (TPSA) is 6.48 Å². The molecule has 10 rings (SSSR count). The Bertz CT molecular complexity index is 1320. The van der Waals surface area contributed by atoms with Crippen LogP contribution in [0.5, 0.6) is 0 Å². The molecule has 2 nitrogen and oxygen atoms in total. The van der Waals surface area contributed by atoms with Crippen molar-refractivity contribution in [3.8, 4) is 0 Å². The van der Waals surface area contributed by atoms with Crippen LogP contribution in [0.15, 0.2) is 24.3 Å². The van der Waals surface area contributed by atoms with Crippen LogP contribution < -0.4 is 0 Å². The van der Waals surface area contributed by atoms with Gasteiger partial charge in [-0.1, -0.05) is 141 Å². The van der Waals surface area contributed by atoms with Gasteiger partial charge in [-0.2, -0.15) is 0 Å². The molecule has 64 heavy (non-hydrogen) atoms. The zero-order valence-corrected chi connectivity index (χ0v) is 42.5. The third-order valence-electron chi connectivity index (χ3n) is 22.3. The molecular formula is C62H104N2. The summed E-state index contributed by atoms with van der Waals surface area (Å²) in [7, 11) is 0. The van der Waals surface area contributed by atoms with E-state index in [9.17, 15) is 0 Å². The third-order valence-corrected chi connectivity index (χ3v) is 22.3. The minimum atomic E-state index is 0.861. The van der Waals surface area contributed by atoms with E-state index >= 15 is 0 Å². The lowest BCUT2D eigenvalue weighted by molar-refractivity contribution is -0.126. The summed E-state index contributed by atoms with van der Waals surface area (Å²) < 4.78 is 0. The van der Waals surface area contributed by atoms with Crippen LogP contribution in [-0.2, 0) is 0 Å². The molecular weight excluding hydrogens is 773 g/mol. The molecule has 0 radical (unpaired) electrons. The van der Waals surface area contributed by atoms with Crippen LogP contribution in [0.1, 0.15) is 258 Å². The fraction of sp³-hybridized carbons (Fsp3) is 0.935. The van der Waals surface area contributed by atoms with Gasteiger partial charge in [0.05, 0.1) is 0 Å². The molecule has 10 aliphatic carbocycles. The summed E-state index contributed by atoms with van der Waals surface area (Å²) in [6.45, 7) is 5.69. The number of hydrogen-bond acceptors (Lipinski definition) is 2. The summed E-state index contributed by atoms with van der Waals surface area (Å²) in [6.07, 6.45) is 68.0. The van der Waals surface area contributed by atoms with E-state index in [4.69, 9.17) is 0 Å². The molecule has 362 valence electrons. The van der Waals surface area contributed by atoms with Gasteiger partial charge in [0.25, 0.3) is 0 Å². The lowest BCUT2D eigenvalue weighted by Gasteiger charge is -2.62. The van der Waals surface area contributed by atoms with Crippen LogP contribution in [0.2, 0.25) is 0 Å². The first-order valence-corrected chi connectivity index (χ1v) is 30.5. The molecule has 10 saturated carbocycles. The number of rotatable bonds is 11. The van der Waals surface area contributed by atoms with Crippen molar-refractivity contribution in [3.05, 3.63) is 24.3 Å². The van der Waals surface area contributed by atoms with Gasteiger partial charge in [-0.25, -0.2) is 0 Å².